The van der Waals surface area contributed by atoms with E-state index >= 15 is 0 Å². The lowest BCUT2D eigenvalue weighted by atomic mass is 10.1. The fraction of sp³-hybridized carbons (Fsp3) is 0.350. The first-order valence-electron chi connectivity index (χ1n) is 8.54. The van der Waals surface area contributed by atoms with Crippen LogP contribution < -0.4 is 15.4 Å². The van der Waals surface area contributed by atoms with Crippen LogP contribution in [0.1, 0.15) is 25.8 Å². The predicted octanol–water partition coefficient (Wildman–Crippen LogP) is 3.77. The summed E-state index contributed by atoms with van der Waals surface area (Å²) in [5.41, 5.74) is 1.83. The Balaban J connectivity index is 1.62. The molecule has 0 aliphatic heterocycles. The smallest absolute Gasteiger partial charge is 0.225 e. The highest BCUT2D eigenvalue weighted by Crippen LogP contribution is 2.16. The second kappa shape index (κ2) is 9.79. The number of hydrogen-bond acceptors (Lipinski definition) is 3. The number of benzene rings is 2. The summed E-state index contributed by atoms with van der Waals surface area (Å²) in [7, 11) is 0. The van der Waals surface area contributed by atoms with Crippen LogP contribution in [0.15, 0.2) is 48.5 Å². The van der Waals surface area contributed by atoms with Crippen LogP contribution in [0.3, 0.4) is 0 Å². The van der Waals surface area contributed by atoms with Crippen molar-refractivity contribution in [3.8, 4) is 5.75 Å². The first-order chi connectivity index (χ1) is 12.0. The van der Waals surface area contributed by atoms with Gasteiger partial charge in [-0.1, -0.05) is 12.1 Å². The van der Waals surface area contributed by atoms with E-state index in [0.29, 0.717) is 13.0 Å². The van der Waals surface area contributed by atoms with E-state index in [2.05, 4.69) is 10.6 Å². The van der Waals surface area contributed by atoms with Gasteiger partial charge in [0, 0.05) is 18.7 Å². The minimum Gasteiger partial charge on any atom is -0.491 e. The maximum Gasteiger partial charge on any atom is 0.225 e. The quantitative estimate of drug-likeness (QED) is 0.681. The molecule has 2 N–H and O–H groups in total. The van der Waals surface area contributed by atoms with Crippen molar-refractivity contribution in [1.29, 1.82) is 0 Å². The van der Waals surface area contributed by atoms with Crippen molar-refractivity contribution in [3.63, 3.8) is 0 Å². The number of anilines is 1. The lowest BCUT2D eigenvalue weighted by Gasteiger charge is -2.11. The number of nitrogens with one attached hydrogen (secondary N) is 2. The Morgan fingerprint density at radius 1 is 1.04 bits per heavy atom. The van der Waals surface area contributed by atoms with Gasteiger partial charge < -0.3 is 15.4 Å². The monoisotopic (exact) mass is 344 g/mol. The zero-order chi connectivity index (χ0) is 18.1. The molecular weight excluding hydrogens is 319 g/mol. The van der Waals surface area contributed by atoms with Crippen LogP contribution in [0.25, 0.3) is 0 Å². The molecule has 0 aliphatic rings. The van der Waals surface area contributed by atoms with Gasteiger partial charge in [0.15, 0.2) is 0 Å². The van der Waals surface area contributed by atoms with E-state index in [1.807, 2.05) is 38.1 Å². The third kappa shape index (κ3) is 7.35. The number of carbonyl (C=O) groups excluding carboxylic acids is 1. The van der Waals surface area contributed by atoms with Gasteiger partial charge >= 0.3 is 0 Å². The summed E-state index contributed by atoms with van der Waals surface area (Å²) in [6, 6.07) is 13.8. The van der Waals surface area contributed by atoms with Gasteiger partial charge in [-0.05, 0) is 68.8 Å². The molecule has 2 aromatic rings. The van der Waals surface area contributed by atoms with Crippen molar-refractivity contribution >= 4 is 11.6 Å². The topological polar surface area (TPSA) is 50.4 Å². The molecule has 0 radical (unpaired) electrons. The van der Waals surface area contributed by atoms with Gasteiger partial charge in [0.05, 0.1) is 6.10 Å². The van der Waals surface area contributed by atoms with Gasteiger partial charge in [-0.3, -0.25) is 4.79 Å². The molecule has 0 spiro atoms. The molecule has 0 aromatic heterocycles. The van der Waals surface area contributed by atoms with Crippen molar-refractivity contribution in [2.45, 2.75) is 32.8 Å². The SMILES string of the molecule is CC(C)Oc1ccc(NC(=O)CCNCCc2ccc(F)cc2)cc1. The van der Waals surface area contributed by atoms with Gasteiger partial charge in [0.2, 0.25) is 5.91 Å². The molecule has 0 heterocycles. The third-order valence-electron chi connectivity index (χ3n) is 3.54. The van der Waals surface area contributed by atoms with E-state index in [0.717, 1.165) is 30.0 Å². The Hall–Kier alpha value is -2.40. The molecule has 0 unspecified atom stereocenters. The van der Waals surface area contributed by atoms with E-state index in [1.54, 1.807) is 12.1 Å². The molecule has 0 aliphatic carbocycles. The Bertz CT molecular complexity index is 654. The first kappa shape index (κ1) is 18.9. The van der Waals surface area contributed by atoms with Crippen molar-refractivity contribution in [2.75, 3.05) is 18.4 Å². The fourth-order valence-corrected chi connectivity index (χ4v) is 2.32. The van der Waals surface area contributed by atoms with Crippen LogP contribution in [0.2, 0.25) is 0 Å². The molecule has 0 atom stereocenters. The van der Waals surface area contributed by atoms with Gasteiger partial charge in [0.25, 0.3) is 0 Å². The summed E-state index contributed by atoms with van der Waals surface area (Å²) in [6.45, 7) is 5.29. The van der Waals surface area contributed by atoms with Gasteiger partial charge in [0.1, 0.15) is 11.6 Å². The Morgan fingerprint density at radius 2 is 1.72 bits per heavy atom. The van der Waals surface area contributed by atoms with Crippen molar-refractivity contribution in [2.24, 2.45) is 0 Å². The van der Waals surface area contributed by atoms with E-state index in [-0.39, 0.29) is 17.8 Å². The van der Waals surface area contributed by atoms with Crippen molar-refractivity contribution < 1.29 is 13.9 Å². The molecule has 4 nitrogen and oxygen atoms in total. The van der Waals surface area contributed by atoms with E-state index < -0.39 is 0 Å². The van der Waals surface area contributed by atoms with E-state index in [9.17, 15) is 9.18 Å². The van der Waals surface area contributed by atoms with E-state index in [4.69, 9.17) is 4.74 Å². The summed E-state index contributed by atoms with van der Waals surface area (Å²) in [4.78, 5) is 11.9. The average molecular weight is 344 g/mol. The minimum atomic E-state index is -0.225. The Morgan fingerprint density at radius 3 is 2.36 bits per heavy atom. The first-order valence-corrected chi connectivity index (χ1v) is 8.54. The largest absolute Gasteiger partial charge is 0.491 e. The highest BCUT2D eigenvalue weighted by atomic mass is 19.1. The van der Waals surface area contributed by atoms with Crippen LogP contribution in [0.5, 0.6) is 5.75 Å². The standard InChI is InChI=1S/C20H25FN2O2/c1-15(2)25-19-9-7-18(8-10-19)23-20(24)12-14-22-13-11-16-3-5-17(21)6-4-16/h3-10,15,22H,11-14H2,1-2H3,(H,23,24). The number of amides is 1. The number of hydrogen-bond donors (Lipinski definition) is 2. The number of ether oxygens (including phenoxy) is 1. The summed E-state index contributed by atoms with van der Waals surface area (Å²) in [6.07, 6.45) is 1.33. The molecule has 0 saturated heterocycles. The average Bonchev–Trinajstić information content (AvgIpc) is 2.57. The molecule has 25 heavy (non-hydrogen) atoms. The van der Waals surface area contributed by atoms with Crippen LogP contribution in [-0.4, -0.2) is 25.1 Å². The molecule has 1 amide bonds. The Labute approximate surface area is 148 Å². The van der Waals surface area contributed by atoms with Crippen molar-refractivity contribution in [3.05, 3.63) is 59.9 Å². The molecular formula is C20H25FN2O2. The normalized spacial score (nSPS) is 10.7. The number of halogens is 1. The molecule has 2 rings (SSSR count). The molecule has 0 fully saturated rings. The fourth-order valence-electron chi connectivity index (χ4n) is 2.32. The lowest BCUT2D eigenvalue weighted by molar-refractivity contribution is -0.116. The zero-order valence-corrected chi connectivity index (χ0v) is 14.7. The lowest BCUT2D eigenvalue weighted by Crippen LogP contribution is -2.23. The summed E-state index contributed by atoms with van der Waals surface area (Å²) in [5, 5.41) is 6.08. The van der Waals surface area contributed by atoms with Crippen LogP contribution in [0, 0.1) is 5.82 Å². The summed E-state index contributed by atoms with van der Waals surface area (Å²) >= 11 is 0. The van der Waals surface area contributed by atoms with Crippen LogP contribution in [0.4, 0.5) is 10.1 Å². The molecule has 134 valence electrons. The summed E-state index contributed by atoms with van der Waals surface area (Å²) in [5.74, 6) is 0.527. The van der Waals surface area contributed by atoms with Crippen LogP contribution >= 0.6 is 0 Å². The second-order valence-electron chi connectivity index (χ2n) is 6.12. The van der Waals surface area contributed by atoms with Gasteiger partial charge in [-0.25, -0.2) is 4.39 Å². The predicted molar refractivity (Wildman–Crippen MR) is 98.4 cm³/mol. The van der Waals surface area contributed by atoms with Gasteiger partial charge in [-0.15, -0.1) is 0 Å². The minimum absolute atomic E-state index is 0.0354. The summed E-state index contributed by atoms with van der Waals surface area (Å²) < 4.78 is 18.4. The van der Waals surface area contributed by atoms with Crippen molar-refractivity contribution in [1.82, 2.24) is 5.32 Å². The Kier molecular flexibility index (Phi) is 7.41. The number of rotatable bonds is 9. The molecule has 0 saturated carbocycles. The highest BCUT2D eigenvalue weighted by molar-refractivity contribution is 5.90. The highest BCUT2D eigenvalue weighted by Gasteiger charge is 2.03. The zero-order valence-electron chi connectivity index (χ0n) is 14.7. The maximum atomic E-state index is 12.8. The molecule has 2 aromatic carbocycles. The molecule has 0 bridgehead atoms. The van der Waals surface area contributed by atoms with Crippen LogP contribution in [-0.2, 0) is 11.2 Å². The second-order valence-corrected chi connectivity index (χ2v) is 6.12. The van der Waals surface area contributed by atoms with E-state index in [1.165, 1.54) is 12.1 Å². The maximum absolute atomic E-state index is 12.8. The molecule has 5 heteroatoms. The third-order valence-corrected chi connectivity index (χ3v) is 3.54. The number of carbonyl (C=O) groups is 1. The van der Waals surface area contributed by atoms with Gasteiger partial charge in [-0.2, -0.15) is 0 Å².